The largest absolute Gasteiger partial charge is 0.491 e. The summed E-state index contributed by atoms with van der Waals surface area (Å²) >= 11 is 0. The van der Waals surface area contributed by atoms with Gasteiger partial charge in [0.1, 0.15) is 122 Å². The number of carbonyl (C=O) groups excluding carboxylic acids is 1. The average Bonchev–Trinajstić information content (AvgIpc) is 1.33. The molecule has 1 spiro atoms. The summed E-state index contributed by atoms with van der Waals surface area (Å²) in [6.07, 6.45) is -34.8. The fourth-order valence-electron chi connectivity index (χ4n) is 18.9. The van der Waals surface area contributed by atoms with Crippen molar-refractivity contribution in [2.24, 2.45) is 50.2 Å². The minimum atomic E-state index is -2.04. The van der Waals surface area contributed by atoms with Crippen LogP contribution in [0, 0.1) is 50.2 Å². The lowest BCUT2D eigenvalue weighted by atomic mass is 9.30. The van der Waals surface area contributed by atoms with Gasteiger partial charge in [-0.3, -0.25) is 0 Å². The topological polar surface area (TPSA) is 422 Å². The number of aldehydes is 1. The second-order valence-corrected chi connectivity index (χ2v) is 28.7. The van der Waals surface area contributed by atoms with Crippen LogP contribution in [0.2, 0.25) is 0 Å². The molecule has 0 amide bonds. The summed E-state index contributed by atoms with van der Waals surface area (Å²) in [7, 11) is 0. The molecular formula is C59H94O27. The molecule has 5 saturated carbocycles. The summed E-state index contributed by atoms with van der Waals surface area (Å²) in [6.45, 7) is 14.1. The van der Waals surface area contributed by atoms with E-state index >= 15 is 0 Å². The van der Waals surface area contributed by atoms with Crippen LogP contribution in [0.4, 0.5) is 0 Å². The molecule has 6 aliphatic heterocycles. The van der Waals surface area contributed by atoms with Gasteiger partial charge in [0.2, 0.25) is 0 Å². The molecule has 0 aromatic carbocycles. The highest BCUT2D eigenvalue weighted by Gasteiger charge is 2.82. The van der Waals surface area contributed by atoms with Gasteiger partial charge in [-0.05, 0) is 92.3 Å². The maximum Gasteiger partial charge on any atom is 0.187 e. The predicted octanol–water partition coefficient (Wildman–Crippen LogP) is -3.56. The molecule has 5 aliphatic carbocycles. The first-order valence-electron chi connectivity index (χ1n) is 30.8. The Morgan fingerprint density at radius 3 is 1.69 bits per heavy atom. The molecule has 11 fully saturated rings. The van der Waals surface area contributed by atoms with E-state index in [9.17, 15) is 81.4 Å². The maximum absolute atomic E-state index is 12.7. The molecule has 0 radical (unpaired) electrons. The third-order valence-electron chi connectivity index (χ3n) is 24.1. The third kappa shape index (κ3) is 9.97. The molecule has 34 atom stereocenters. The molecule has 15 N–H and O–H groups in total. The molecular weight excluding hydrogens is 1140 g/mol. The Balaban J connectivity index is 0.871. The summed E-state index contributed by atoms with van der Waals surface area (Å²) in [5.41, 5.74) is -3.48. The Bertz CT molecular complexity index is 2420. The Morgan fingerprint density at radius 1 is 0.512 bits per heavy atom. The van der Waals surface area contributed by atoms with Crippen LogP contribution in [0.15, 0.2) is 12.3 Å². The third-order valence-corrected chi connectivity index (χ3v) is 24.1. The highest BCUT2D eigenvalue weighted by Crippen LogP contribution is 2.82. The summed E-state index contributed by atoms with van der Waals surface area (Å²) in [6, 6.07) is 0. The summed E-state index contributed by atoms with van der Waals surface area (Å²) in [4.78, 5) is 12.7. The number of hydrogen-bond donors (Lipinski definition) is 15. The first-order valence-corrected chi connectivity index (χ1v) is 30.8. The van der Waals surface area contributed by atoms with E-state index in [2.05, 4.69) is 41.2 Å². The summed E-state index contributed by atoms with van der Waals surface area (Å²) in [5, 5.41) is 165. The molecule has 27 nitrogen and oxygen atoms in total. The quantitative estimate of drug-likeness (QED) is 0.0591. The minimum Gasteiger partial charge on any atom is -0.491 e. The lowest BCUT2D eigenvalue weighted by Gasteiger charge is -2.74. The number of ether oxygens (including phenoxy) is 11. The Morgan fingerprint density at radius 2 is 1.07 bits per heavy atom. The number of aliphatic hydroxyl groups is 15. The molecule has 492 valence electrons. The number of carbonyl (C=O) groups is 1. The highest BCUT2D eigenvalue weighted by atomic mass is 16.8. The Labute approximate surface area is 498 Å². The van der Waals surface area contributed by atoms with E-state index in [1.54, 1.807) is 0 Å². The SMILES string of the molecule is C=C1O[C@]23CC[C@@H]4[C@@]5(C)CC[C@H](O[C@@H]6OC[C@H](O[C@@H]7O[C@H](CO)[C@@H](O)[C@H](O[C@@H]8O[C@H](CO)[C@@H](O)[C@H](O)[C@H]8O)[C@H]7O[C@@H]7OC[C@@H](O)[C@H](O)[C@H]7O)[C@H](O)[C@H]6O[C@@H]6O[C@H](CO)[C@@H](O)[C@H](O)[C@H]6O)C(C)(C)[C@@H]5CC[C@@]4(C)[C@]2(C)C[C@@H](O)[C@]12CC[C@](C)(C=O)C[C@H]23. The van der Waals surface area contributed by atoms with E-state index in [0.717, 1.165) is 32.0 Å². The zero-order chi connectivity index (χ0) is 62.3. The van der Waals surface area contributed by atoms with Crippen molar-refractivity contribution < 1.29 is 133 Å². The first-order chi connectivity index (χ1) is 40.5. The maximum atomic E-state index is 12.7. The standard InChI is InChI=1S/C59H94O27/c1-24-58-15-14-54(4,23-63)16-32(58)59(86-24)13-9-31-55(5)11-10-34(53(2,3)30(55)8-12-56(31,6)57(59,7)17-33(58)65)82-51-46(84-50-44(75)41(72)37(68)27(19-61)79-50)39(70)29(22-77-51)81-52-47(85-48-42(73)35(66)25(64)21-76-48)45(38(69)28(20-62)80-52)83-49-43(74)40(71)36(67)26(18-60)78-49/h23,25-52,60-62,64-75H,1,8-22H2,2-7H3/t25-,26-,27-,28-,29+,30+,31-,32-,33-,34+,35+,36-,37-,38-,39+,40+,41+,42-,43-,44-,45+,46-,47-,48+,49+,50+,51+,52+,54+,55+,56-,57+,58-,59+/m1/s1. The molecule has 0 unspecified atom stereocenters. The number of fused-ring (bicyclic) bond motifs is 4. The van der Waals surface area contributed by atoms with Gasteiger partial charge in [-0.1, -0.05) is 48.1 Å². The van der Waals surface area contributed by atoms with Crippen LogP contribution in [0.5, 0.6) is 0 Å². The monoisotopic (exact) mass is 1230 g/mol. The number of rotatable bonds is 14. The van der Waals surface area contributed by atoms with Gasteiger partial charge in [-0.2, -0.15) is 0 Å². The van der Waals surface area contributed by atoms with Gasteiger partial charge in [0.15, 0.2) is 31.5 Å². The highest BCUT2D eigenvalue weighted by molar-refractivity contribution is 5.59. The first kappa shape index (κ1) is 65.7. The van der Waals surface area contributed by atoms with E-state index in [1.807, 2.05) is 6.92 Å². The molecule has 11 rings (SSSR count). The van der Waals surface area contributed by atoms with Crippen LogP contribution in [0.25, 0.3) is 0 Å². The van der Waals surface area contributed by atoms with E-state index in [0.29, 0.717) is 44.3 Å². The van der Waals surface area contributed by atoms with Crippen LogP contribution in [0.1, 0.15) is 106 Å². The summed E-state index contributed by atoms with van der Waals surface area (Å²) < 4.78 is 68.7. The van der Waals surface area contributed by atoms with Gasteiger partial charge >= 0.3 is 0 Å². The number of hydrogen-bond acceptors (Lipinski definition) is 27. The van der Waals surface area contributed by atoms with Crippen LogP contribution in [-0.2, 0) is 56.9 Å². The fourth-order valence-corrected chi connectivity index (χ4v) is 18.9. The molecule has 0 aromatic heterocycles. The van der Waals surface area contributed by atoms with Crippen molar-refractivity contribution in [1.29, 1.82) is 0 Å². The zero-order valence-corrected chi connectivity index (χ0v) is 49.7. The minimum absolute atomic E-state index is 0.0448. The van der Waals surface area contributed by atoms with Gasteiger partial charge in [0.25, 0.3) is 0 Å². The van der Waals surface area contributed by atoms with Crippen LogP contribution in [-0.4, -0.2) is 275 Å². The molecule has 2 bridgehead atoms. The molecule has 86 heavy (non-hydrogen) atoms. The smallest absolute Gasteiger partial charge is 0.187 e. The normalized spacial score (nSPS) is 57.0. The van der Waals surface area contributed by atoms with Crippen molar-refractivity contribution in [3.63, 3.8) is 0 Å². The molecule has 11 aliphatic rings. The lowest BCUT2D eigenvalue weighted by molar-refractivity contribution is -0.404. The van der Waals surface area contributed by atoms with Gasteiger partial charge in [-0.15, -0.1) is 0 Å². The van der Waals surface area contributed by atoms with Gasteiger partial charge in [-0.25, -0.2) is 0 Å². The average molecular weight is 1240 g/mol. The van der Waals surface area contributed by atoms with Gasteiger partial charge in [0.05, 0.1) is 56.4 Å². The van der Waals surface area contributed by atoms with Gasteiger partial charge < -0.3 is 133 Å². The Hall–Kier alpha value is -1.79. The van der Waals surface area contributed by atoms with E-state index in [4.69, 9.17) is 52.1 Å². The second kappa shape index (κ2) is 23.6. The molecule has 27 heteroatoms. The van der Waals surface area contributed by atoms with Crippen molar-refractivity contribution >= 4 is 6.29 Å². The lowest BCUT2D eigenvalue weighted by Crippen LogP contribution is -2.74. The van der Waals surface area contributed by atoms with Crippen molar-refractivity contribution in [3.05, 3.63) is 12.3 Å². The van der Waals surface area contributed by atoms with Crippen LogP contribution >= 0.6 is 0 Å². The molecule has 0 aromatic rings. The fraction of sp³-hybridized carbons (Fsp3) is 0.949. The van der Waals surface area contributed by atoms with Crippen molar-refractivity contribution in [1.82, 2.24) is 0 Å². The van der Waals surface area contributed by atoms with E-state index in [1.165, 1.54) is 0 Å². The molecule has 6 heterocycles. The van der Waals surface area contributed by atoms with Crippen molar-refractivity contribution in [2.45, 2.75) is 265 Å². The summed E-state index contributed by atoms with van der Waals surface area (Å²) in [5.74, 6) is 0.778. The van der Waals surface area contributed by atoms with Crippen LogP contribution < -0.4 is 0 Å². The van der Waals surface area contributed by atoms with Crippen molar-refractivity contribution in [2.75, 3.05) is 33.0 Å². The Kier molecular flexibility index (Phi) is 18.1. The van der Waals surface area contributed by atoms with E-state index in [-0.39, 0.29) is 28.6 Å². The zero-order valence-electron chi connectivity index (χ0n) is 49.7. The second-order valence-electron chi connectivity index (χ2n) is 28.7. The van der Waals surface area contributed by atoms with Gasteiger partial charge in [0, 0.05) is 16.7 Å². The van der Waals surface area contributed by atoms with E-state index < -0.39 is 214 Å². The van der Waals surface area contributed by atoms with Crippen molar-refractivity contribution in [3.8, 4) is 0 Å². The van der Waals surface area contributed by atoms with Crippen LogP contribution in [0.3, 0.4) is 0 Å². The number of aliphatic hydroxyl groups excluding tert-OH is 15. The molecule has 6 saturated heterocycles. The predicted molar refractivity (Wildman–Crippen MR) is 287 cm³/mol.